The minimum Gasteiger partial charge on any atom is -0.394 e. The molecule has 9 unspecified atom stereocenters. The molecule has 18 nitrogen and oxygen atoms in total. The molecule has 0 aromatic carbocycles. The zero-order valence-electron chi connectivity index (χ0n) is 39.8. The van der Waals surface area contributed by atoms with Crippen molar-refractivity contribution in [2.24, 2.45) is 39.4 Å². The van der Waals surface area contributed by atoms with E-state index < -0.39 is 141 Å². The first kappa shape index (κ1) is 52.6. The van der Waals surface area contributed by atoms with E-state index in [9.17, 15) is 61.3 Å². The molecule has 0 amide bonds. The zero-order valence-corrected chi connectivity index (χ0v) is 39.8. The van der Waals surface area contributed by atoms with Crippen LogP contribution in [0.2, 0.25) is 0 Å². The molecule has 7 rings (SSSR count). The summed E-state index contributed by atoms with van der Waals surface area (Å²) in [4.78, 5) is 0. The van der Waals surface area contributed by atoms with Crippen LogP contribution in [0.4, 0.5) is 0 Å². The van der Waals surface area contributed by atoms with E-state index in [2.05, 4.69) is 46.8 Å². The summed E-state index contributed by atoms with van der Waals surface area (Å²) in [5.74, 6) is -0.360. The second-order valence-corrected chi connectivity index (χ2v) is 22.4. The van der Waals surface area contributed by atoms with E-state index in [-0.39, 0.29) is 28.6 Å². The summed E-state index contributed by atoms with van der Waals surface area (Å²) < 4.78 is 37.1. The third-order valence-electron chi connectivity index (χ3n) is 18.1. The number of aliphatic hydroxyl groups excluding tert-OH is 12. The van der Waals surface area contributed by atoms with Gasteiger partial charge in [0.15, 0.2) is 18.9 Å². The fourth-order valence-electron chi connectivity index (χ4n) is 14.1. The molecule has 66 heavy (non-hydrogen) atoms. The normalized spacial score (nSPS) is 51.2. The van der Waals surface area contributed by atoms with E-state index in [4.69, 9.17) is 28.4 Å². The molecule has 0 radical (unpaired) electrons. The molecule has 3 aliphatic heterocycles. The lowest BCUT2D eigenvalue weighted by atomic mass is 9.37. The molecule has 0 aromatic rings. The van der Waals surface area contributed by atoms with Gasteiger partial charge in [-0.3, -0.25) is 0 Å². The minimum atomic E-state index is -1.80. The Morgan fingerprint density at radius 3 is 1.80 bits per heavy atom. The maximum Gasteiger partial charge on any atom is 0.187 e. The van der Waals surface area contributed by atoms with Gasteiger partial charge in [0.05, 0.1) is 37.6 Å². The summed E-state index contributed by atoms with van der Waals surface area (Å²) in [6.07, 6.45) is -14.6. The summed E-state index contributed by atoms with van der Waals surface area (Å²) in [5, 5.41) is 129. The lowest BCUT2D eigenvalue weighted by Gasteiger charge is -2.68. The van der Waals surface area contributed by atoms with Crippen LogP contribution >= 0.6 is 0 Å². The largest absolute Gasteiger partial charge is 0.394 e. The molecule has 0 aromatic heterocycles. The molecule has 3 heterocycles. The topological polar surface area (TPSA) is 298 Å². The van der Waals surface area contributed by atoms with Crippen molar-refractivity contribution in [2.45, 2.75) is 217 Å². The first-order chi connectivity index (χ1) is 30.8. The number of fused-ring (bicyclic) bond motifs is 5. The molecular formula is C48H80O18. The molecule has 24 atom stereocenters. The average Bonchev–Trinajstić information content (AvgIpc) is 3.65. The van der Waals surface area contributed by atoms with E-state index >= 15 is 0 Å². The smallest absolute Gasteiger partial charge is 0.187 e. The maximum atomic E-state index is 12.6. The van der Waals surface area contributed by atoms with Crippen molar-refractivity contribution in [3.63, 3.8) is 0 Å². The number of hydrogen-bond donors (Lipinski definition) is 12. The SMILES string of the molecule is CC(C)=CCC[C@@](C)(O[C@@H]1OC(CO)[C@@H](O)[C@@H](O)C1O)C1CC[C@@]2(C)C1[C@@H](O)CC1[C@]2(C)CC=C2C(C)(C)[C@H](O[C@H]3OC(CO)[C@@H](O)[C@@H](O)C3O[C@H]3OC(CO)[C@@H](O)[C@@H](O)C3O)CC[C@]21C. The van der Waals surface area contributed by atoms with Gasteiger partial charge >= 0.3 is 0 Å². The Bertz CT molecular complexity index is 1740. The van der Waals surface area contributed by atoms with Gasteiger partial charge in [0.25, 0.3) is 0 Å². The second-order valence-electron chi connectivity index (χ2n) is 22.4. The number of hydrogen-bond acceptors (Lipinski definition) is 18. The summed E-state index contributed by atoms with van der Waals surface area (Å²) in [5.41, 5.74) is -0.390. The fraction of sp³-hybridized carbons (Fsp3) is 0.917. The van der Waals surface area contributed by atoms with Crippen molar-refractivity contribution in [3.8, 4) is 0 Å². The minimum absolute atomic E-state index is 0.0347. The van der Waals surface area contributed by atoms with E-state index in [0.717, 1.165) is 24.0 Å². The highest BCUT2D eigenvalue weighted by atomic mass is 16.8. The Hall–Kier alpha value is -1.24. The van der Waals surface area contributed by atoms with E-state index in [1.54, 1.807) is 0 Å². The van der Waals surface area contributed by atoms with E-state index in [1.807, 2.05) is 20.8 Å². The number of ether oxygens (including phenoxy) is 6. The van der Waals surface area contributed by atoms with Crippen molar-refractivity contribution >= 4 is 0 Å². The van der Waals surface area contributed by atoms with Gasteiger partial charge in [0.1, 0.15) is 73.2 Å². The monoisotopic (exact) mass is 945 g/mol. The third-order valence-corrected chi connectivity index (χ3v) is 18.1. The molecule has 18 heteroatoms. The van der Waals surface area contributed by atoms with Crippen molar-refractivity contribution in [3.05, 3.63) is 23.3 Å². The Morgan fingerprint density at radius 1 is 0.682 bits per heavy atom. The fourth-order valence-corrected chi connectivity index (χ4v) is 14.1. The molecule has 7 aliphatic rings. The van der Waals surface area contributed by atoms with E-state index in [0.29, 0.717) is 38.5 Å². The highest BCUT2D eigenvalue weighted by molar-refractivity contribution is 5.34. The highest BCUT2D eigenvalue weighted by Gasteiger charge is 2.71. The van der Waals surface area contributed by atoms with Crippen LogP contribution in [0.5, 0.6) is 0 Å². The van der Waals surface area contributed by atoms with Gasteiger partial charge in [-0.05, 0) is 106 Å². The Morgan fingerprint density at radius 2 is 1.23 bits per heavy atom. The highest BCUT2D eigenvalue weighted by Crippen LogP contribution is 2.75. The third kappa shape index (κ3) is 8.71. The maximum absolute atomic E-state index is 12.6. The van der Waals surface area contributed by atoms with Gasteiger partial charge in [0.2, 0.25) is 0 Å². The molecule has 3 saturated carbocycles. The van der Waals surface area contributed by atoms with Gasteiger partial charge in [-0.2, -0.15) is 0 Å². The van der Waals surface area contributed by atoms with Gasteiger partial charge < -0.3 is 89.7 Å². The van der Waals surface area contributed by atoms with Crippen LogP contribution in [-0.4, -0.2) is 191 Å². The van der Waals surface area contributed by atoms with Gasteiger partial charge in [-0.1, -0.05) is 57.9 Å². The van der Waals surface area contributed by atoms with E-state index in [1.165, 1.54) is 0 Å². The molecule has 4 aliphatic carbocycles. The number of rotatable bonds is 13. The molecule has 6 fully saturated rings. The Labute approximate surface area is 388 Å². The van der Waals surface area contributed by atoms with Crippen molar-refractivity contribution < 1.29 is 89.7 Å². The average molecular weight is 945 g/mol. The Balaban J connectivity index is 1.15. The standard InChI is InChI=1S/C48H80O18/c1-22(2)10-9-14-48(8,66-42-39(60)36(57)33(54)26(20-50)62-42)23-11-16-47(7)31(23)24(52)18-29-45(5)15-13-30(44(3,4)28(45)12-17-46(29,47)6)64-43-40(37(58)34(55)27(21-51)63-43)65-41-38(59)35(56)32(53)25(19-49)61-41/h10,12,23-27,29-43,49-60H,9,11,13-21H2,1-8H3/t23?,24-,25?,26?,27?,29?,30+,31?,32+,33+,34+,35+,36+,37+,38?,39?,40?,41+,42-,43+,45+,46-,47-,48+/m0/s1. The Kier molecular flexibility index (Phi) is 15.5. The molecular weight excluding hydrogens is 865 g/mol. The molecule has 12 N–H and O–H groups in total. The van der Waals surface area contributed by atoms with Crippen LogP contribution in [-0.2, 0) is 28.4 Å². The predicted octanol–water partition coefficient (Wildman–Crippen LogP) is -0.107. The summed E-state index contributed by atoms with van der Waals surface area (Å²) in [7, 11) is 0. The second kappa shape index (κ2) is 19.4. The van der Waals surface area contributed by atoms with Crippen LogP contribution in [0, 0.1) is 39.4 Å². The number of aliphatic hydroxyl groups is 12. The van der Waals surface area contributed by atoms with Crippen LogP contribution in [0.1, 0.15) is 107 Å². The predicted molar refractivity (Wildman–Crippen MR) is 234 cm³/mol. The molecule has 0 bridgehead atoms. The van der Waals surface area contributed by atoms with Crippen molar-refractivity contribution in [1.82, 2.24) is 0 Å². The first-order valence-electron chi connectivity index (χ1n) is 24.1. The lowest BCUT2D eigenvalue weighted by molar-refractivity contribution is -0.375. The van der Waals surface area contributed by atoms with Gasteiger partial charge in [0, 0.05) is 5.41 Å². The number of allylic oxidation sites excluding steroid dienone is 3. The van der Waals surface area contributed by atoms with Gasteiger partial charge in [-0.15, -0.1) is 0 Å². The van der Waals surface area contributed by atoms with Crippen molar-refractivity contribution in [1.29, 1.82) is 0 Å². The van der Waals surface area contributed by atoms with Crippen LogP contribution in [0.25, 0.3) is 0 Å². The molecule has 0 spiro atoms. The molecule has 3 saturated heterocycles. The molecule has 380 valence electrons. The zero-order chi connectivity index (χ0) is 48.6. The van der Waals surface area contributed by atoms with Crippen LogP contribution < -0.4 is 0 Å². The van der Waals surface area contributed by atoms with Crippen LogP contribution in [0.3, 0.4) is 0 Å². The first-order valence-corrected chi connectivity index (χ1v) is 24.1. The van der Waals surface area contributed by atoms with Crippen molar-refractivity contribution in [2.75, 3.05) is 19.8 Å². The van der Waals surface area contributed by atoms with Gasteiger partial charge in [-0.25, -0.2) is 0 Å². The van der Waals surface area contributed by atoms with Crippen LogP contribution in [0.15, 0.2) is 23.3 Å². The quantitative estimate of drug-likeness (QED) is 0.107. The summed E-state index contributed by atoms with van der Waals surface area (Å²) in [6, 6.07) is 0. The lowest BCUT2D eigenvalue weighted by Crippen LogP contribution is -2.66. The summed E-state index contributed by atoms with van der Waals surface area (Å²) in [6.45, 7) is 15.2. The summed E-state index contributed by atoms with van der Waals surface area (Å²) >= 11 is 0.